The van der Waals surface area contributed by atoms with Gasteiger partial charge in [0.2, 0.25) is 0 Å². The number of hydrogen-bond acceptors (Lipinski definition) is 3. The van der Waals surface area contributed by atoms with Crippen LogP contribution >= 0.6 is 0 Å². The molecule has 3 heteroatoms. The Labute approximate surface area is 119 Å². The predicted molar refractivity (Wildman–Crippen MR) is 80.0 cm³/mol. The molecule has 3 nitrogen and oxygen atoms in total. The molecule has 0 radical (unpaired) electrons. The highest BCUT2D eigenvalue weighted by molar-refractivity contribution is 5.90. The van der Waals surface area contributed by atoms with Crippen LogP contribution in [-0.4, -0.2) is 19.4 Å². The van der Waals surface area contributed by atoms with Gasteiger partial charge in [0.1, 0.15) is 6.29 Å². The lowest BCUT2D eigenvalue weighted by molar-refractivity contribution is 0.0600. The fraction of sp³-hybridized carbons (Fsp3) is 0.176. The highest BCUT2D eigenvalue weighted by Crippen LogP contribution is 2.20. The van der Waals surface area contributed by atoms with E-state index in [4.69, 9.17) is 0 Å². The van der Waals surface area contributed by atoms with Gasteiger partial charge in [0.15, 0.2) is 0 Å². The number of aldehydes is 1. The Hall–Kier alpha value is -2.42. The van der Waals surface area contributed by atoms with E-state index < -0.39 is 0 Å². The van der Waals surface area contributed by atoms with E-state index in [1.165, 1.54) is 7.11 Å². The van der Waals surface area contributed by atoms with Crippen LogP contribution in [0.3, 0.4) is 0 Å². The van der Waals surface area contributed by atoms with Crippen molar-refractivity contribution in [2.45, 2.75) is 13.8 Å². The maximum absolute atomic E-state index is 11.3. The third kappa shape index (κ3) is 3.79. The van der Waals surface area contributed by atoms with Crippen LogP contribution in [0, 0.1) is 0 Å². The quantitative estimate of drug-likeness (QED) is 0.626. The topological polar surface area (TPSA) is 43.4 Å². The first-order valence-corrected chi connectivity index (χ1v) is 6.48. The highest BCUT2D eigenvalue weighted by Gasteiger charge is 2.05. The second-order valence-electron chi connectivity index (χ2n) is 3.81. The molecule has 0 atom stereocenters. The standard InChI is InChI=1S/C15H12O3.C2H6/c1-18-15(17)14-8-6-13(7-9-14)12-4-2-11(10-16)3-5-12;1-2/h2-10H,1H3;1-2H3. The monoisotopic (exact) mass is 270 g/mol. The number of carbonyl (C=O) groups excluding carboxylic acids is 2. The minimum Gasteiger partial charge on any atom is -0.465 e. The number of methoxy groups -OCH3 is 1. The SMILES string of the molecule is CC.COC(=O)c1ccc(-c2ccc(C=O)cc2)cc1. The summed E-state index contributed by atoms with van der Waals surface area (Å²) < 4.78 is 4.63. The van der Waals surface area contributed by atoms with Crippen LogP contribution in [0.25, 0.3) is 11.1 Å². The van der Waals surface area contributed by atoms with Crippen molar-refractivity contribution < 1.29 is 14.3 Å². The van der Waals surface area contributed by atoms with E-state index in [0.29, 0.717) is 11.1 Å². The van der Waals surface area contributed by atoms with Crippen molar-refractivity contribution in [2.24, 2.45) is 0 Å². The fourth-order valence-corrected chi connectivity index (χ4v) is 1.67. The molecule has 0 saturated carbocycles. The van der Waals surface area contributed by atoms with Crippen molar-refractivity contribution in [1.82, 2.24) is 0 Å². The molecule has 2 aromatic rings. The Balaban J connectivity index is 0.000000956. The maximum Gasteiger partial charge on any atom is 0.337 e. The van der Waals surface area contributed by atoms with Gasteiger partial charge in [0, 0.05) is 5.56 Å². The number of benzene rings is 2. The number of rotatable bonds is 3. The molecule has 0 unspecified atom stereocenters. The van der Waals surface area contributed by atoms with Crippen LogP contribution < -0.4 is 0 Å². The molecule has 0 fully saturated rings. The van der Waals surface area contributed by atoms with Crippen molar-refractivity contribution in [3.8, 4) is 11.1 Å². The summed E-state index contributed by atoms with van der Waals surface area (Å²) in [5.74, 6) is -0.349. The largest absolute Gasteiger partial charge is 0.465 e. The fourth-order valence-electron chi connectivity index (χ4n) is 1.67. The molecule has 2 aromatic carbocycles. The summed E-state index contributed by atoms with van der Waals surface area (Å²) in [6.45, 7) is 4.00. The summed E-state index contributed by atoms with van der Waals surface area (Å²) in [4.78, 5) is 21.8. The molecule has 0 aliphatic carbocycles. The summed E-state index contributed by atoms with van der Waals surface area (Å²) in [7, 11) is 1.36. The van der Waals surface area contributed by atoms with Crippen molar-refractivity contribution >= 4 is 12.3 Å². The maximum atomic E-state index is 11.3. The zero-order chi connectivity index (χ0) is 15.0. The Morgan fingerprint density at radius 2 is 1.35 bits per heavy atom. The van der Waals surface area contributed by atoms with Gasteiger partial charge in [-0.25, -0.2) is 4.79 Å². The number of carbonyl (C=O) groups is 2. The molecule has 0 aromatic heterocycles. The molecule has 104 valence electrons. The average molecular weight is 270 g/mol. The molecule has 0 spiro atoms. The van der Waals surface area contributed by atoms with Crippen LogP contribution in [-0.2, 0) is 4.74 Å². The van der Waals surface area contributed by atoms with Gasteiger partial charge in [0.05, 0.1) is 12.7 Å². The van der Waals surface area contributed by atoms with Gasteiger partial charge >= 0.3 is 5.97 Å². The third-order valence-corrected chi connectivity index (χ3v) is 2.69. The minimum atomic E-state index is -0.349. The number of hydrogen-bond donors (Lipinski definition) is 0. The molecule has 0 saturated heterocycles. The van der Waals surface area contributed by atoms with Crippen molar-refractivity contribution in [3.05, 3.63) is 59.7 Å². The predicted octanol–water partition coefficient (Wildman–Crippen LogP) is 3.98. The van der Waals surface area contributed by atoms with Crippen LogP contribution in [0.1, 0.15) is 34.6 Å². The van der Waals surface area contributed by atoms with Gasteiger partial charge in [0.25, 0.3) is 0 Å². The van der Waals surface area contributed by atoms with E-state index in [-0.39, 0.29) is 5.97 Å². The Morgan fingerprint density at radius 1 is 0.900 bits per heavy atom. The van der Waals surface area contributed by atoms with Crippen LogP contribution in [0.2, 0.25) is 0 Å². The van der Waals surface area contributed by atoms with E-state index in [9.17, 15) is 9.59 Å². The van der Waals surface area contributed by atoms with Crippen molar-refractivity contribution in [3.63, 3.8) is 0 Å². The van der Waals surface area contributed by atoms with E-state index in [1.807, 2.05) is 38.1 Å². The van der Waals surface area contributed by atoms with E-state index in [0.717, 1.165) is 17.4 Å². The van der Waals surface area contributed by atoms with Gasteiger partial charge in [-0.1, -0.05) is 50.2 Å². The number of ether oxygens (including phenoxy) is 1. The Morgan fingerprint density at radius 3 is 1.75 bits per heavy atom. The Kier molecular flexibility index (Phi) is 6.17. The van der Waals surface area contributed by atoms with E-state index in [1.54, 1.807) is 24.3 Å². The van der Waals surface area contributed by atoms with E-state index in [2.05, 4.69) is 4.74 Å². The van der Waals surface area contributed by atoms with Gasteiger partial charge in [-0.15, -0.1) is 0 Å². The zero-order valence-electron chi connectivity index (χ0n) is 11.9. The Bertz CT molecular complexity index is 554. The molecule has 0 amide bonds. The van der Waals surface area contributed by atoms with Crippen LogP contribution in [0.5, 0.6) is 0 Å². The zero-order valence-corrected chi connectivity index (χ0v) is 11.9. The normalized spacial score (nSPS) is 9.15. The molecule has 0 aliphatic rings. The van der Waals surface area contributed by atoms with E-state index >= 15 is 0 Å². The lowest BCUT2D eigenvalue weighted by Gasteiger charge is -2.03. The van der Waals surface area contributed by atoms with Gasteiger partial charge in [-0.3, -0.25) is 4.79 Å². The highest BCUT2D eigenvalue weighted by atomic mass is 16.5. The average Bonchev–Trinajstić information content (AvgIpc) is 2.56. The summed E-state index contributed by atoms with van der Waals surface area (Å²) in [6.07, 6.45) is 0.810. The summed E-state index contributed by atoms with van der Waals surface area (Å²) >= 11 is 0. The molecular weight excluding hydrogens is 252 g/mol. The molecular formula is C17H18O3. The van der Waals surface area contributed by atoms with Crippen LogP contribution in [0.15, 0.2) is 48.5 Å². The summed E-state index contributed by atoms with van der Waals surface area (Å²) in [5, 5.41) is 0. The minimum absolute atomic E-state index is 0.349. The molecule has 2 rings (SSSR count). The first-order valence-electron chi connectivity index (χ1n) is 6.48. The summed E-state index contributed by atoms with van der Waals surface area (Å²) in [5.41, 5.74) is 3.15. The van der Waals surface area contributed by atoms with Gasteiger partial charge < -0.3 is 4.74 Å². The lowest BCUT2D eigenvalue weighted by atomic mass is 10.0. The third-order valence-electron chi connectivity index (χ3n) is 2.69. The van der Waals surface area contributed by atoms with Gasteiger partial charge in [-0.05, 0) is 23.3 Å². The molecule has 0 N–H and O–H groups in total. The van der Waals surface area contributed by atoms with Gasteiger partial charge in [-0.2, -0.15) is 0 Å². The molecule has 0 heterocycles. The molecule has 0 bridgehead atoms. The summed E-state index contributed by atoms with van der Waals surface area (Å²) in [6, 6.07) is 14.4. The van der Waals surface area contributed by atoms with Crippen LogP contribution in [0.4, 0.5) is 0 Å². The molecule has 20 heavy (non-hydrogen) atoms. The smallest absolute Gasteiger partial charge is 0.337 e. The first-order chi connectivity index (χ1) is 9.74. The lowest BCUT2D eigenvalue weighted by Crippen LogP contribution is -2.00. The first kappa shape index (κ1) is 15.6. The van der Waals surface area contributed by atoms with Crippen molar-refractivity contribution in [2.75, 3.05) is 7.11 Å². The number of esters is 1. The second-order valence-corrected chi connectivity index (χ2v) is 3.81. The van der Waals surface area contributed by atoms with Crippen molar-refractivity contribution in [1.29, 1.82) is 0 Å². The second kappa shape index (κ2) is 7.89. The molecule has 0 aliphatic heterocycles.